The van der Waals surface area contributed by atoms with E-state index in [9.17, 15) is 22.0 Å². The normalized spacial score (nSPS) is 12.6. The zero-order chi connectivity index (χ0) is 24.6. The summed E-state index contributed by atoms with van der Waals surface area (Å²) in [6.45, 7) is 2.82. The standard InChI is InChI=1S/C23H30F2N2O5S/c1-15(2)13-19(27-33(29,30)18-8-5-16(3)6-9-18)22(28)26-12-11-17-7-10-20(31-4)21(14-17)32-23(24)25/h5-10,14-15,19,23,27H,11-13H2,1-4H3,(H,26,28). The van der Waals surface area contributed by atoms with Crippen molar-refractivity contribution in [1.29, 1.82) is 0 Å². The number of carbonyl (C=O) groups is 1. The minimum absolute atomic E-state index is 0.0668. The third kappa shape index (κ3) is 8.29. The largest absolute Gasteiger partial charge is 0.493 e. The van der Waals surface area contributed by atoms with Crippen molar-refractivity contribution in [3.63, 3.8) is 0 Å². The second-order valence-corrected chi connectivity index (χ2v) is 9.74. The van der Waals surface area contributed by atoms with Crippen LogP contribution in [-0.2, 0) is 21.2 Å². The van der Waals surface area contributed by atoms with Crippen LogP contribution in [0.25, 0.3) is 0 Å². The van der Waals surface area contributed by atoms with Crippen LogP contribution in [0.4, 0.5) is 8.78 Å². The first-order valence-corrected chi connectivity index (χ1v) is 12.0. The first-order chi connectivity index (χ1) is 15.5. The van der Waals surface area contributed by atoms with Gasteiger partial charge in [0.25, 0.3) is 0 Å². The fourth-order valence-corrected chi connectivity index (χ4v) is 4.38. The molecule has 0 saturated heterocycles. The van der Waals surface area contributed by atoms with Crippen molar-refractivity contribution in [2.24, 2.45) is 5.92 Å². The molecule has 0 saturated carbocycles. The predicted molar refractivity (Wildman–Crippen MR) is 121 cm³/mol. The molecule has 0 aliphatic carbocycles. The lowest BCUT2D eigenvalue weighted by Crippen LogP contribution is -2.47. The van der Waals surface area contributed by atoms with Gasteiger partial charge in [0, 0.05) is 6.54 Å². The summed E-state index contributed by atoms with van der Waals surface area (Å²) in [7, 11) is -2.53. The Bertz CT molecular complexity index is 1030. The quantitative estimate of drug-likeness (QED) is 0.480. The smallest absolute Gasteiger partial charge is 0.387 e. The predicted octanol–water partition coefficient (Wildman–Crippen LogP) is 3.66. The van der Waals surface area contributed by atoms with E-state index in [4.69, 9.17) is 4.74 Å². The topological polar surface area (TPSA) is 93.7 Å². The molecule has 1 amide bonds. The molecule has 2 N–H and O–H groups in total. The van der Waals surface area contributed by atoms with E-state index in [1.165, 1.54) is 31.4 Å². The number of carbonyl (C=O) groups excluding carboxylic acids is 1. The zero-order valence-corrected chi connectivity index (χ0v) is 19.9. The van der Waals surface area contributed by atoms with E-state index in [1.54, 1.807) is 18.2 Å². The van der Waals surface area contributed by atoms with E-state index in [1.807, 2.05) is 20.8 Å². The zero-order valence-electron chi connectivity index (χ0n) is 19.1. The van der Waals surface area contributed by atoms with Gasteiger partial charge in [-0.25, -0.2) is 8.42 Å². The summed E-state index contributed by atoms with van der Waals surface area (Å²) in [6, 6.07) is 10.0. The van der Waals surface area contributed by atoms with Gasteiger partial charge in [-0.2, -0.15) is 13.5 Å². The molecule has 1 unspecified atom stereocenters. The van der Waals surface area contributed by atoms with E-state index in [0.29, 0.717) is 18.4 Å². The van der Waals surface area contributed by atoms with Gasteiger partial charge in [0.1, 0.15) is 6.04 Å². The molecule has 1 atom stereocenters. The molecule has 0 bridgehead atoms. The Labute approximate surface area is 193 Å². The van der Waals surface area contributed by atoms with Crippen molar-refractivity contribution in [2.75, 3.05) is 13.7 Å². The van der Waals surface area contributed by atoms with Gasteiger partial charge in [-0.15, -0.1) is 0 Å². The van der Waals surface area contributed by atoms with E-state index in [2.05, 4.69) is 14.8 Å². The lowest BCUT2D eigenvalue weighted by atomic mass is 10.0. The average molecular weight is 485 g/mol. The van der Waals surface area contributed by atoms with Gasteiger partial charge in [0.05, 0.1) is 12.0 Å². The molecule has 0 aliphatic heterocycles. The fraction of sp³-hybridized carbons (Fsp3) is 0.435. The Kier molecular flexibility index (Phi) is 9.60. The molecule has 2 aromatic carbocycles. The second kappa shape index (κ2) is 11.9. The maximum absolute atomic E-state index is 12.8. The minimum atomic E-state index is -3.88. The van der Waals surface area contributed by atoms with Crippen molar-refractivity contribution in [3.05, 3.63) is 53.6 Å². The summed E-state index contributed by atoms with van der Waals surface area (Å²) in [6.07, 6.45) is 0.639. The Morgan fingerprint density at radius 1 is 1.06 bits per heavy atom. The van der Waals surface area contributed by atoms with Crippen LogP contribution in [0, 0.1) is 12.8 Å². The van der Waals surface area contributed by atoms with Gasteiger partial charge in [-0.1, -0.05) is 37.6 Å². The van der Waals surface area contributed by atoms with Crippen LogP contribution in [0.15, 0.2) is 47.4 Å². The number of amides is 1. The number of aryl methyl sites for hydroxylation is 1. The number of halogens is 2. The van der Waals surface area contributed by atoms with Gasteiger partial charge in [-0.3, -0.25) is 4.79 Å². The molecular formula is C23H30F2N2O5S. The molecule has 182 valence electrons. The number of sulfonamides is 1. The van der Waals surface area contributed by atoms with E-state index >= 15 is 0 Å². The van der Waals surface area contributed by atoms with Crippen LogP contribution in [-0.4, -0.2) is 40.6 Å². The summed E-state index contributed by atoms with van der Waals surface area (Å²) in [5.41, 5.74) is 1.57. The Hall–Kier alpha value is -2.72. The average Bonchev–Trinajstić information content (AvgIpc) is 2.73. The highest BCUT2D eigenvalue weighted by Crippen LogP contribution is 2.29. The Morgan fingerprint density at radius 3 is 2.30 bits per heavy atom. The Balaban J connectivity index is 2.04. The number of hydrogen-bond acceptors (Lipinski definition) is 5. The van der Waals surface area contributed by atoms with Crippen LogP contribution >= 0.6 is 0 Å². The molecule has 0 aliphatic rings. The fourth-order valence-electron chi connectivity index (χ4n) is 3.17. The van der Waals surface area contributed by atoms with E-state index in [0.717, 1.165) is 5.56 Å². The minimum Gasteiger partial charge on any atom is -0.493 e. The number of rotatable bonds is 12. The van der Waals surface area contributed by atoms with Gasteiger partial charge in [-0.05, 0) is 55.5 Å². The monoisotopic (exact) mass is 484 g/mol. The summed E-state index contributed by atoms with van der Waals surface area (Å²) in [5, 5.41) is 2.72. The second-order valence-electron chi connectivity index (χ2n) is 8.02. The van der Waals surface area contributed by atoms with Gasteiger partial charge in [0.2, 0.25) is 15.9 Å². The SMILES string of the molecule is COc1ccc(CCNC(=O)C(CC(C)C)NS(=O)(=O)c2ccc(C)cc2)cc1OC(F)F. The molecule has 0 fully saturated rings. The van der Waals surface area contributed by atoms with Crippen LogP contribution in [0.5, 0.6) is 11.5 Å². The molecule has 2 rings (SSSR count). The van der Waals surface area contributed by atoms with Crippen LogP contribution in [0.3, 0.4) is 0 Å². The highest BCUT2D eigenvalue weighted by atomic mass is 32.2. The van der Waals surface area contributed by atoms with Crippen LogP contribution in [0.2, 0.25) is 0 Å². The molecule has 33 heavy (non-hydrogen) atoms. The van der Waals surface area contributed by atoms with Crippen molar-refractivity contribution in [1.82, 2.24) is 10.0 Å². The molecule has 0 heterocycles. The molecule has 0 radical (unpaired) electrons. The maximum Gasteiger partial charge on any atom is 0.387 e. The summed E-state index contributed by atoms with van der Waals surface area (Å²) in [5.74, 6) is -0.320. The van der Waals surface area contributed by atoms with E-state index < -0.39 is 28.6 Å². The van der Waals surface area contributed by atoms with Crippen LogP contribution < -0.4 is 19.5 Å². The Morgan fingerprint density at radius 2 is 1.73 bits per heavy atom. The van der Waals surface area contributed by atoms with Crippen molar-refractivity contribution in [3.8, 4) is 11.5 Å². The summed E-state index contributed by atoms with van der Waals surface area (Å²) >= 11 is 0. The first-order valence-electron chi connectivity index (χ1n) is 10.5. The number of ether oxygens (including phenoxy) is 2. The molecule has 7 nitrogen and oxygen atoms in total. The number of benzene rings is 2. The lowest BCUT2D eigenvalue weighted by Gasteiger charge is -2.20. The molecule has 2 aromatic rings. The number of hydrogen-bond donors (Lipinski definition) is 2. The van der Waals surface area contributed by atoms with Gasteiger partial charge in [0.15, 0.2) is 11.5 Å². The van der Waals surface area contributed by atoms with Gasteiger partial charge >= 0.3 is 6.61 Å². The highest BCUT2D eigenvalue weighted by molar-refractivity contribution is 7.89. The number of nitrogens with one attached hydrogen (secondary N) is 2. The van der Waals surface area contributed by atoms with Gasteiger partial charge < -0.3 is 14.8 Å². The van der Waals surface area contributed by atoms with Crippen molar-refractivity contribution in [2.45, 2.75) is 51.2 Å². The first kappa shape index (κ1) is 26.5. The number of methoxy groups -OCH3 is 1. The van der Waals surface area contributed by atoms with Crippen LogP contribution in [0.1, 0.15) is 31.4 Å². The van der Waals surface area contributed by atoms with E-state index in [-0.39, 0.29) is 28.9 Å². The molecule has 0 spiro atoms. The summed E-state index contributed by atoms with van der Waals surface area (Å²) < 4.78 is 62.7. The van der Waals surface area contributed by atoms with Crippen molar-refractivity contribution >= 4 is 15.9 Å². The number of alkyl halides is 2. The molecular weight excluding hydrogens is 454 g/mol. The lowest BCUT2D eigenvalue weighted by molar-refractivity contribution is -0.123. The van der Waals surface area contributed by atoms with Crippen molar-refractivity contribution < 1.29 is 31.5 Å². The molecule has 10 heteroatoms. The summed E-state index contributed by atoms with van der Waals surface area (Å²) in [4.78, 5) is 12.8. The third-order valence-electron chi connectivity index (χ3n) is 4.81. The molecule has 0 aromatic heterocycles. The third-order valence-corrected chi connectivity index (χ3v) is 6.30. The maximum atomic E-state index is 12.8. The highest BCUT2D eigenvalue weighted by Gasteiger charge is 2.26.